The third-order valence-corrected chi connectivity index (χ3v) is 11.0. The number of nitrogens with zero attached hydrogens (tertiary/aromatic N) is 2. The molecule has 1 aliphatic heterocycles. The third-order valence-electron chi connectivity index (χ3n) is 11.0. The van der Waals surface area contributed by atoms with Crippen LogP contribution in [0.5, 0.6) is 0 Å². The van der Waals surface area contributed by atoms with Gasteiger partial charge in [-0.05, 0) is 127 Å². The summed E-state index contributed by atoms with van der Waals surface area (Å²) in [6.45, 7) is 18.5. The molecular formula is C50H81N7O21. The highest BCUT2D eigenvalue weighted by molar-refractivity contribution is 5.82. The molecule has 9 N–H and O–H groups in total. The molecule has 28 nitrogen and oxygen atoms in total. The maximum absolute atomic E-state index is 13.8. The number of aliphatic hydroxyl groups is 4. The zero-order chi connectivity index (χ0) is 59.1. The number of ether oxygens (including phenoxy) is 9. The van der Waals surface area contributed by atoms with Crippen molar-refractivity contribution in [2.45, 2.75) is 199 Å². The van der Waals surface area contributed by atoms with Crippen LogP contribution in [0, 0.1) is 10.1 Å². The molecular weight excluding hydrogens is 1030 g/mol. The lowest BCUT2D eigenvalue weighted by Crippen LogP contribution is -2.68. The van der Waals surface area contributed by atoms with E-state index in [0.29, 0.717) is 5.56 Å². The van der Waals surface area contributed by atoms with Gasteiger partial charge in [0, 0.05) is 19.2 Å². The van der Waals surface area contributed by atoms with E-state index >= 15 is 0 Å². The Balaban J connectivity index is 2.11. The molecule has 0 radical (unpaired) electrons. The predicted molar refractivity (Wildman–Crippen MR) is 274 cm³/mol. The van der Waals surface area contributed by atoms with Crippen LogP contribution in [0.3, 0.4) is 0 Å². The number of hydrogen-bond donors (Lipinski definition) is 9. The number of amides is 6. The van der Waals surface area contributed by atoms with Crippen molar-refractivity contribution in [3.8, 4) is 0 Å². The largest absolute Gasteiger partial charge is 0.465 e. The van der Waals surface area contributed by atoms with Gasteiger partial charge in [0.05, 0.1) is 55.4 Å². The van der Waals surface area contributed by atoms with Gasteiger partial charge in [0.25, 0.3) is 11.6 Å². The number of nitro groups is 1. The summed E-state index contributed by atoms with van der Waals surface area (Å²) >= 11 is 0. The number of alkyl carbamates (subject to hydrolysis) is 4. The minimum atomic E-state index is -2.03. The van der Waals surface area contributed by atoms with E-state index in [2.05, 4.69) is 26.6 Å². The van der Waals surface area contributed by atoms with E-state index in [-0.39, 0.29) is 31.0 Å². The Hall–Kier alpha value is -6.30. The molecule has 6 amide bonds. The first-order chi connectivity index (χ1) is 35.9. The fourth-order valence-corrected chi connectivity index (χ4v) is 7.36. The Labute approximate surface area is 453 Å². The highest BCUT2D eigenvalue weighted by Gasteiger charge is 2.51. The van der Waals surface area contributed by atoms with Crippen LogP contribution in [0.15, 0.2) is 36.1 Å². The van der Waals surface area contributed by atoms with Gasteiger partial charge in [-0.3, -0.25) is 14.9 Å². The number of carbonyl (C=O) groups excluding carboxylic acids is 6. The van der Waals surface area contributed by atoms with Gasteiger partial charge >= 0.3 is 30.5 Å². The molecule has 78 heavy (non-hydrogen) atoms. The Kier molecular flexibility index (Phi) is 24.1. The number of nitrogens with one attached hydrogen (secondary N) is 5. The van der Waals surface area contributed by atoms with Crippen LogP contribution in [-0.2, 0) is 54.0 Å². The van der Waals surface area contributed by atoms with Crippen molar-refractivity contribution in [1.82, 2.24) is 31.5 Å². The minimum absolute atomic E-state index is 0.0497. The van der Waals surface area contributed by atoms with Gasteiger partial charge in [-0.25, -0.2) is 24.0 Å². The number of likely N-dealkylation sites (N-methyl/N-ethyl adjacent to an activating group) is 1. The summed E-state index contributed by atoms with van der Waals surface area (Å²) in [4.78, 5) is 90.8. The summed E-state index contributed by atoms with van der Waals surface area (Å²) in [7, 11) is 1.34. The molecule has 1 aromatic carbocycles. The van der Waals surface area contributed by atoms with E-state index in [9.17, 15) is 59.3 Å². The molecule has 1 aromatic rings. The van der Waals surface area contributed by atoms with E-state index in [1.807, 2.05) is 0 Å². The highest BCUT2D eigenvalue weighted by Crippen LogP contribution is 2.32. The van der Waals surface area contributed by atoms with Crippen molar-refractivity contribution < 1.29 is 96.7 Å². The lowest BCUT2D eigenvalue weighted by atomic mass is 9.83. The van der Waals surface area contributed by atoms with Crippen molar-refractivity contribution in [1.29, 1.82) is 0 Å². The number of aliphatic hydroxyl groups excluding tert-OH is 4. The van der Waals surface area contributed by atoms with E-state index in [0.717, 1.165) is 4.90 Å². The lowest BCUT2D eigenvalue weighted by Gasteiger charge is -2.47. The van der Waals surface area contributed by atoms with Crippen LogP contribution in [0.2, 0.25) is 0 Å². The van der Waals surface area contributed by atoms with E-state index in [4.69, 9.17) is 42.6 Å². The van der Waals surface area contributed by atoms with Crippen molar-refractivity contribution in [3.63, 3.8) is 0 Å². The molecule has 1 fully saturated rings. The van der Waals surface area contributed by atoms with Crippen molar-refractivity contribution in [3.05, 3.63) is 51.8 Å². The second-order valence-electron chi connectivity index (χ2n) is 22.5. The SMILES string of the molecule is C[C@@H]([C@@H](O)[C@H](OCCO)O[C@@H]1[C@@H](O)[C@H](O[C@H]2OC(CNC(=O)OCc3ccc([N+](=O)[O-])cc3)=CC[C@H]2NC(=O)OC(C)(C)C)[C@@H](NC(=O)OC(C)(C)C)C[C@H]1NC(=O)[C@@H](O)CNC(=O)OC(C)(C)C)N(C)C(=O)OC(C)(C)C. The summed E-state index contributed by atoms with van der Waals surface area (Å²) in [5.74, 6) is -1.06. The van der Waals surface area contributed by atoms with Gasteiger partial charge in [0.2, 0.25) is 6.29 Å². The van der Waals surface area contributed by atoms with Crippen LogP contribution in [0.25, 0.3) is 0 Å². The standard InChI is InChI=1S/C50H81N7O21/c1-27(56(14)46(67)78-50(11,12)13)35(60)41(70-22-21-58)74-37-32(53-39(62)34(59)25-52-43(64)75-47(2,3)4)23-33(55-45(66)77-49(8,9)10)38(36(37)61)73-40-31(54-44(65)76-48(5,6)7)20-19-30(72-40)24-51-42(63)71-26-28-15-17-29(18-16-28)57(68)69/h15-19,27,31-38,40-41,58-61H,20-26H2,1-14H3,(H,51,63)(H,52,64)(H,53,62)(H,54,65)(H,55,66)/t27-,31+,32+,33-,34-,35+,36+,37-,38+,40+,41+/m0/s1. The molecule has 1 heterocycles. The van der Waals surface area contributed by atoms with Crippen LogP contribution < -0.4 is 26.6 Å². The molecule has 0 saturated heterocycles. The Morgan fingerprint density at radius 3 is 1.85 bits per heavy atom. The summed E-state index contributed by atoms with van der Waals surface area (Å²) in [5, 5.41) is 69.2. The monoisotopic (exact) mass is 1120 g/mol. The summed E-state index contributed by atoms with van der Waals surface area (Å²) in [6.07, 6.45) is -16.3. The fraction of sp³-hybridized carbons (Fsp3) is 0.720. The van der Waals surface area contributed by atoms with Gasteiger partial charge < -0.3 is 94.5 Å². The topological polar surface area (TPSA) is 373 Å². The lowest BCUT2D eigenvalue weighted by molar-refractivity contribution is -0.384. The van der Waals surface area contributed by atoms with E-state index < -0.39 is 157 Å². The molecule has 442 valence electrons. The second kappa shape index (κ2) is 28.5. The first kappa shape index (κ1) is 66.0. The molecule has 0 aromatic heterocycles. The quantitative estimate of drug-likeness (QED) is 0.0369. The van der Waals surface area contributed by atoms with Gasteiger partial charge in [0.15, 0.2) is 6.29 Å². The average molecular weight is 1120 g/mol. The van der Waals surface area contributed by atoms with Crippen LogP contribution in [-0.4, -0.2) is 190 Å². The van der Waals surface area contributed by atoms with Gasteiger partial charge in [-0.15, -0.1) is 0 Å². The fourth-order valence-electron chi connectivity index (χ4n) is 7.36. The Morgan fingerprint density at radius 2 is 1.31 bits per heavy atom. The molecule has 0 spiro atoms. The minimum Gasteiger partial charge on any atom is -0.465 e. The number of carbonyl (C=O) groups is 6. The predicted octanol–water partition coefficient (Wildman–Crippen LogP) is 3.09. The van der Waals surface area contributed by atoms with Crippen molar-refractivity contribution >= 4 is 42.1 Å². The number of rotatable bonds is 21. The number of benzene rings is 1. The Morgan fingerprint density at radius 1 is 0.769 bits per heavy atom. The maximum atomic E-state index is 13.8. The van der Waals surface area contributed by atoms with Gasteiger partial charge in [-0.2, -0.15) is 0 Å². The summed E-state index contributed by atoms with van der Waals surface area (Å²) in [5.41, 5.74) is -3.62. The van der Waals surface area contributed by atoms with Crippen molar-refractivity contribution in [2.24, 2.45) is 0 Å². The molecule has 1 aliphatic carbocycles. The smallest absolute Gasteiger partial charge is 0.410 e. The molecule has 0 unspecified atom stereocenters. The van der Waals surface area contributed by atoms with Gasteiger partial charge in [-0.1, -0.05) is 0 Å². The molecule has 3 rings (SSSR count). The average Bonchev–Trinajstić information content (AvgIpc) is 3.30. The zero-order valence-electron chi connectivity index (χ0n) is 46.8. The second-order valence-corrected chi connectivity index (χ2v) is 22.5. The maximum Gasteiger partial charge on any atom is 0.410 e. The molecule has 28 heteroatoms. The van der Waals surface area contributed by atoms with Crippen LogP contribution in [0.1, 0.15) is 108 Å². The zero-order valence-corrected chi connectivity index (χ0v) is 46.8. The van der Waals surface area contributed by atoms with Crippen LogP contribution >= 0.6 is 0 Å². The Bertz CT molecular complexity index is 2210. The van der Waals surface area contributed by atoms with Gasteiger partial charge in [0.1, 0.15) is 65.3 Å². The first-order valence-electron chi connectivity index (χ1n) is 25.2. The first-order valence-corrected chi connectivity index (χ1v) is 25.2. The number of non-ortho nitro benzene ring substituents is 1. The van der Waals surface area contributed by atoms with E-state index in [1.54, 1.807) is 83.1 Å². The number of hydrogen-bond acceptors (Lipinski definition) is 21. The van der Waals surface area contributed by atoms with Crippen molar-refractivity contribution in [2.75, 3.05) is 33.4 Å². The summed E-state index contributed by atoms with van der Waals surface area (Å²) in [6, 6.07) is 0.199. The number of nitro benzene ring substituents is 1. The van der Waals surface area contributed by atoms with E-state index in [1.165, 1.54) is 44.3 Å². The molecule has 1 saturated carbocycles. The highest BCUT2D eigenvalue weighted by atomic mass is 16.7. The molecule has 0 bridgehead atoms. The third kappa shape index (κ3) is 23.0. The molecule has 2 aliphatic rings. The normalized spacial score (nSPS) is 22.3. The summed E-state index contributed by atoms with van der Waals surface area (Å²) < 4.78 is 52.0. The van der Waals surface area contributed by atoms with Crippen LogP contribution in [0.4, 0.5) is 29.7 Å². The molecule has 11 atom stereocenters.